The van der Waals surface area contributed by atoms with Crippen molar-refractivity contribution < 1.29 is 9.53 Å². The van der Waals surface area contributed by atoms with Gasteiger partial charge in [0.15, 0.2) is 0 Å². The molecule has 0 aromatic heterocycles. The summed E-state index contributed by atoms with van der Waals surface area (Å²) in [6.07, 6.45) is 3.69. The van der Waals surface area contributed by atoms with Gasteiger partial charge in [0, 0.05) is 19.1 Å². The van der Waals surface area contributed by atoms with Gasteiger partial charge in [-0.05, 0) is 25.7 Å². The quantitative estimate of drug-likeness (QED) is 0.740. The lowest BCUT2D eigenvalue weighted by molar-refractivity contribution is -0.126. The van der Waals surface area contributed by atoms with Crippen molar-refractivity contribution in [2.45, 2.75) is 58.1 Å². The number of carbonyl (C=O) groups is 1. The van der Waals surface area contributed by atoms with E-state index in [9.17, 15) is 4.79 Å². The minimum Gasteiger partial charge on any atom is -0.378 e. The molecule has 2 atom stereocenters. The van der Waals surface area contributed by atoms with Crippen molar-refractivity contribution in [3.8, 4) is 0 Å². The lowest BCUT2D eigenvalue weighted by Gasteiger charge is -2.26. The van der Waals surface area contributed by atoms with Crippen LogP contribution in [0.5, 0.6) is 0 Å². The van der Waals surface area contributed by atoms with Crippen LogP contribution in [0.4, 0.5) is 0 Å². The fraction of sp³-hybridized carbons (Fsp3) is 0.923. The molecule has 4 heteroatoms. The smallest absolute Gasteiger partial charge is 0.240 e. The number of nitrogens with two attached hydrogens (primary N) is 1. The van der Waals surface area contributed by atoms with Crippen LogP contribution < -0.4 is 11.1 Å². The van der Waals surface area contributed by atoms with Crippen LogP contribution in [0, 0.1) is 5.92 Å². The van der Waals surface area contributed by atoms with Crippen LogP contribution in [0.1, 0.15) is 46.5 Å². The average molecular weight is 242 g/mol. The molecule has 17 heavy (non-hydrogen) atoms. The maximum atomic E-state index is 12.0. The predicted octanol–water partition coefficient (Wildman–Crippen LogP) is 1.44. The second kappa shape index (κ2) is 6.36. The Kier molecular flexibility index (Phi) is 5.40. The van der Waals surface area contributed by atoms with Crippen molar-refractivity contribution in [2.24, 2.45) is 11.7 Å². The average Bonchev–Trinajstić information content (AvgIpc) is 2.82. The highest BCUT2D eigenvalue weighted by Gasteiger charge is 2.32. The van der Waals surface area contributed by atoms with E-state index in [0.29, 0.717) is 31.4 Å². The van der Waals surface area contributed by atoms with Crippen molar-refractivity contribution in [1.82, 2.24) is 5.32 Å². The highest BCUT2D eigenvalue weighted by Crippen LogP contribution is 2.22. The van der Waals surface area contributed by atoms with Gasteiger partial charge >= 0.3 is 0 Å². The van der Waals surface area contributed by atoms with Gasteiger partial charge in [0.05, 0.1) is 11.6 Å². The first-order valence-corrected chi connectivity index (χ1v) is 6.76. The summed E-state index contributed by atoms with van der Waals surface area (Å²) in [6.45, 7) is 7.54. The molecule has 1 aliphatic rings. The van der Waals surface area contributed by atoms with Crippen LogP contribution in [0.3, 0.4) is 0 Å². The Hall–Kier alpha value is -0.610. The lowest BCUT2D eigenvalue weighted by atomic mass is 9.92. The second-order valence-electron chi connectivity index (χ2n) is 4.94. The standard InChI is InChI=1S/C13H26N2O2/c1-4-11-10(7-8-17-11)9-15-12(16)13(14,5-2)6-3/h10-11H,4-9,14H2,1-3H3,(H,15,16). The highest BCUT2D eigenvalue weighted by atomic mass is 16.5. The molecule has 1 rings (SSSR count). The molecule has 1 fully saturated rings. The molecule has 1 amide bonds. The van der Waals surface area contributed by atoms with Crippen LogP contribution in [0.2, 0.25) is 0 Å². The van der Waals surface area contributed by atoms with E-state index >= 15 is 0 Å². The van der Waals surface area contributed by atoms with E-state index in [1.165, 1.54) is 0 Å². The summed E-state index contributed by atoms with van der Waals surface area (Å²) in [6, 6.07) is 0. The largest absolute Gasteiger partial charge is 0.378 e. The van der Waals surface area contributed by atoms with Crippen LogP contribution in [0.25, 0.3) is 0 Å². The highest BCUT2D eigenvalue weighted by molar-refractivity contribution is 5.85. The second-order valence-corrected chi connectivity index (χ2v) is 4.94. The molecular formula is C13H26N2O2. The summed E-state index contributed by atoms with van der Waals surface area (Å²) in [7, 11) is 0. The Labute approximate surface area is 104 Å². The molecule has 0 bridgehead atoms. The number of amides is 1. The Morgan fingerprint density at radius 2 is 2.06 bits per heavy atom. The fourth-order valence-electron chi connectivity index (χ4n) is 2.35. The van der Waals surface area contributed by atoms with Gasteiger partial charge in [-0.25, -0.2) is 0 Å². The molecule has 0 aromatic rings. The van der Waals surface area contributed by atoms with Gasteiger partial charge in [-0.1, -0.05) is 20.8 Å². The maximum Gasteiger partial charge on any atom is 0.240 e. The molecule has 2 unspecified atom stereocenters. The summed E-state index contributed by atoms with van der Waals surface area (Å²) in [4.78, 5) is 12.0. The third-order valence-electron chi connectivity index (χ3n) is 3.99. The normalized spacial score (nSPS) is 24.9. The van der Waals surface area contributed by atoms with E-state index in [4.69, 9.17) is 10.5 Å². The summed E-state index contributed by atoms with van der Waals surface area (Å²) < 4.78 is 5.60. The third-order valence-corrected chi connectivity index (χ3v) is 3.99. The number of ether oxygens (including phenoxy) is 1. The van der Waals surface area contributed by atoms with Crippen molar-refractivity contribution in [2.75, 3.05) is 13.2 Å². The zero-order chi connectivity index (χ0) is 12.9. The summed E-state index contributed by atoms with van der Waals surface area (Å²) in [5, 5.41) is 2.99. The topological polar surface area (TPSA) is 64.3 Å². The van der Waals surface area contributed by atoms with Gasteiger partial charge in [-0.3, -0.25) is 4.79 Å². The van der Waals surface area contributed by atoms with E-state index in [-0.39, 0.29) is 5.91 Å². The monoisotopic (exact) mass is 242 g/mol. The van der Waals surface area contributed by atoms with Gasteiger partial charge in [0.25, 0.3) is 0 Å². The molecule has 0 radical (unpaired) electrons. The molecule has 100 valence electrons. The lowest BCUT2D eigenvalue weighted by Crippen LogP contribution is -2.54. The first kappa shape index (κ1) is 14.5. The Balaban J connectivity index is 2.42. The zero-order valence-corrected chi connectivity index (χ0v) is 11.3. The first-order valence-electron chi connectivity index (χ1n) is 6.76. The van der Waals surface area contributed by atoms with Gasteiger partial charge in [-0.15, -0.1) is 0 Å². The molecule has 0 aromatic carbocycles. The Morgan fingerprint density at radius 3 is 2.59 bits per heavy atom. The third kappa shape index (κ3) is 3.42. The first-order chi connectivity index (χ1) is 8.07. The Bertz CT molecular complexity index is 252. The zero-order valence-electron chi connectivity index (χ0n) is 11.3. The summed E-state index contributed by atoms with van der Waals surface area (Å²) in [5.41, 5.74) is 5.34. The maximum absolute atomic E-state index is 12.0. The van der Waals surface area contributed by atoms with Crippen LogP contribution in [-0.4, -0.2) is 30.7 Å². The van der Waals surface area contributed by atoms with Gasteiger partial charge in [0.1, 0.15) is 0 Å². The summed E-state index contributed by atoms with van der Waals surface area (Å²) >= 11 is 0. The molecule has 4 nitrogen and oxygen atoms in total. The number of carbonyl (C=O) groups excluding carboxylic acids is 1. The van der Waals surface area contributed by atoms with E-state index in [2.05, 4.69) is 12.2 Å². The van der Waals surface area contributed by atoms with Gasteiger partial charge in [-0.2, -0.15) is 0 Å². The number of nitrogens with one attached hydrogen (secondary N) is 1. The van der Waals surface area contributed by atoms with Crippen molar-refractivity contribution in [3.63, 3.8) is 0 Å². The van der Waals surface area contributed by atoms with Gasteiger partial charge in [0.2, 0.25) is 5.91 Å². The number of hydrogen-bond acceptors (Lipinski definition) is 3. The predicted molar refractivity (Wildman–Crippen MR) is 68.6 cm³/mol. The van der Waals surface area contributed by atoms with Crippen molar-refractivity contribution in [3.05, 3.63) is 0 Å². The minimum absolute atomic E-state index is 0.0238. The van der Waals surface area contributed by atoms with E-state index in [0.717, 1.165) is 19.4 Å². The Morgan fingerprint density at radius 1 is 1.41 bits per heavy atom. The van der Waals surface area contributed by atoms with E-state index in [1.807, 2.05) is 13.8 Å². The van der Waals surface area contributed by atoms with Crippen molar-refractivity contribution in [1.29, 1.82) is 0 Å². The van der Waals surface area contributed by atoms with E-state index < -0.39 is 5.54 Å². The number of rotatable bonds is 6. The van der Waals surface area contributed by atoms with Gasteiger partial charge < -0.3 is 15.8 Å². The molecular weight excluding hydrogens is 216 g/mol. The number of hydrogen-bond donors (Lipinski definition) is 2. The van der Waals surface area contributed by atoms with E-state index in [1.54, 1.807) is 0 Å². The summed E-state index contributed by atoms with van der Waals surface area (Å²) in [5.74, 6) is 0.422. The van der Waals surface area contributed by atoms with Crippen LogP contribution in [-0.2, 0) is 9.53 Å². The molecule has 3 N–H and O–H groups in total. The molecule has 0 saturated carbocycles. The SMILES string of the molecule is CCC1OCCC1CNC(=O)C(N)(CC)CC. The van der Waals surface area contributed by atoms with Crippen molar-refractivity contribution >= 4 is 5.91 Å². The molecule has 1 heterocycles. The van der Waals surface area contributed by atoms with Crippen LogP contribution in [0.15, 0.2) is 0 Å². The molecule has 0 aliphatic carbocycles. The van der Waals surface area contributed by atoms with Crippen LogP contribution >= 0.6 is 0 Å². The minimum atomic E-state index is -0.707. The molecule has 1 saturated heterocycles. The molecule has 0 spiro atoms. The molecule has 1 aliphatic heterocycles. The fourth-order valence-corrected chi connectivity index (χ4v) is 2.35.